The first kappa shape index (κ1) is 15.6. The fourth-order valence-corrected chi connectivity index (χ4v) is 3.56. The van der Waals surface area contributed by atoms with Crippen LogP contribution in [0.5, 0.6) is 0 Å². The van der Waals surface area contributed by atoms with E-state index in [0.29, 0.717) is 5.92 Å². The van der Waals surface area contributed by atoms with Crippen molar-refractivity contribution in [2.45, 2.75) is 69.3 Å². The molecule has 1 aromatic heterocycles. The van der Waals surface area contributed by atoms with Crippen molar-refractivity contribution in [3.63, 3.8) is 0 Å². The van der Waals surface area contributed by atoms with Gasteiger partial charge >= 0.3 is 0 Å². The Morgan fingerprint density at radius 3 is 2.36 bits per heavy atom. The molecule has 1 fully saturated rings. The monoisotopic (exact) mass is 315 g/mol. The SMILES string of the molecule is CCn1c(SCc2ccc(C(C)(C)C)cc2)nnc1C1CC1. The van der Waals surface area contributed by atoms with E-state index in [1.807, 2.05) is 0 Å². The Morgan fingerprint density at radius 2 is 1.82 bits per heavy atom. The van der Waals surface area contributed by atoms with Crippen LogP contribution in [-0.2, 0) is 17.7 Å². The Morgan fingerprint density at radius 1 is 1.14 bits per heavy atom. The number of hydrogen-bond donors (Lipinski definition) is 0. The van der Waals surface area contributed by atoms with Crippen molar-refractivity contribution in [2.24, 2.45) is 0 Å². The molecule has 22 heavy (non-hydrogen) atoms. The maximum Gasteiger partial charge on any atom is 0.191 e. The van der Waals surface area contributed by atoms with Crippen molar-refractivity contribution >= 4 is 11.8 Å². The van der Waals surface area contributed by atoms with Crippen LogP contribution in [0.2, 0.25) is 0 Å². The highest BCUT2D eigenvalue weighted by Gasteiger charge is 2.29. The minimum atomic E-state index is 0.216. The van der Waals surface area contributed by atoms with Gasteiger partial charge in [-0.1, -0.05) is 56.8 Å². The van der Waals surface area contributed by atoms with Gasteiger partial charge in [-0.2, -0.15) is 0 Å². The first-order valence-corrected chi connectivity index (χ1v) is 9.13. The second kappa shape index (κ2) is 6.07. The van der Waals surface area contributed by atoms with Gasteiger partial charge in [-0.15, -0.1) is 10.2 Å². The lowest BCUT2D eigenvalue weighted by Crippen LogP contribution is -2.10. The predicted octanol–water partition coefficient (Wildman–Crippen LogP) is 4.77. The molecule has 0 unspecified atom stereocenters. The first-order valence-electron chi connectivity index (χ1n) is 8.14. The molecule has 0 aliphatic heterocycles. The number of hydrogen-bond acceptors (Lipinski definition) is 3. The summed E-state index contributed by atoms with van der Waals surface area (Å²) >= 11 is 1.79. The molecule has 3 nitrogen and oxygen atoms in total. The third kappa shape index (κ3) is 3.37. The highest BCUT2D eigenvalue weighted by molar-refractivity contribution is 7.98. The maximum absolute atomic E-state index is 4.40. The fraction of sp³-hybridized carbons (Fsp3) is 0.556. The van der Waals surface area contributed by atoms with Crippen molar-refractivity contribution in [1.82, 2.24) is 14.8 Å². The Labute approximate surface area is 137 Å². The average Bonchev–Trinajstić information content (AvgIpc) is 3.25. The third-order valence-corrected chi connectivity index (χ3v) is 5.23. The van der Waals surface area contributed by atoms with Gasteiger partial charge in [-0.25, -0.2) is 0 Å². The predicted molar refractivity (Wildman–Crippen MR) is 92.4 cm³/mol. The summed E-state index contributed by atoms with van der Waals surface area (Å²) < 4.78 is 2.28. The second-order valence-corrected chi connectivity index (χ2v) is 8.04. The molecule has 1 aromatic carbocycles. The molecular weight excluding hydrogens is 290 g/mol. The quantitative estimate of drug-likeness (QED) is 0.745. The Hall–Kier alpha value is -1.29. The average molecular weight is 315 g/mol. The molecule has 1 saturated carbocycles. The van der Waals surface area contributed by atoms with Crippen LogP contribution in [-0.4, -0.2) is 14.8 Å². The Bertz CT molecular complexity index is 633. The van der Waals surface area contributed by atoms with E-state index in [9.17, 15) is 0 Å². The van der Waals surface area contributed by atoms with E-state index in [4.69, 9.17) is 0 Å². The molecule has 0 N–H and O–H groups in total. The summed E-state index contributed by atoms with van der Waals surface area (Å²) in [6.45, 7) is 9.89. The van der Waals surface area contributed by atoms with Crippen LogP contribution in [0.25, 0.3) is 0 Å². The lowest BCUT2D eigenvalue weighted by molar-refractivity contribution is 0.590. The zero-order valence-electron chi connectivity index (χ0n) is 14.0. The molecule has 1 aliphatic rings. The lowest BCUT2D eigenvalue weighted by atomic mass is 9.87. The summed E-state index contributed by atoms with van der Waals surface area (Å²) in [7, 11) is 0. The van der Waals surface area contributed by atoms with E-state index < -0.39 is 0 Å². The van der Waals surface area contributed by atoms with Gasteiger partial charge in [0.05, 0.1) is 0 Å². The third-order valence-electron chi connectivity index (χ3n) is 4.19. The van der Waals surface area contributed by atoms with E-state index in [1.54, 1.807) is 11.8 Å². The summed E-state index contributed by atoms with van der Waals surface area (Å²) in [6, 6.07) is 8.97. The summed E-state index contributed by atoms with van der Waals surface area (Å²) in [4.78, 5) is 0. The van der Waals surface area contributed by atoms with Gasteiger partial charge in [0.1, 0.15) is 5.82 Å². The van der Waals surface area contributed by atoms with Crippen LogP contribution in [0, 0.1) is 0 Å². The van der Waals surface area contributed by atoms with Gasteiger partial charge < -0.3 is 4.57 Å². The number of nitrogens with zero attached hydrogens (tertiary/aromatic N) is 3. The Kier molecular flexibility index (Phi) is 4.31. The molecular formula is C18H25N3S. The summed E-state index contributed by atoms with van der Waals surface area (Å²) in [5.41, 5.74) is 2.94. The van der Waals surface area contributed by atoms with Crippen LogP contribution in [0.1, 0.15) is 63.4 Å². The van der Waals surface area contributed by atoms with E-state index in [2.05, 4.69) is 66.7 Å². The van der Waals surface area contributed by atoms with E-state index in [0.717, 1.165) is 17.5 Å². The van der Waals surface area contributed by atoms with Crippen molar-refractivity contribution < 1.29 is 0 Å². The molecule has 0 radical (unpaired) electrons. The van der Waals surface area contributed by atoms with Crippen LogP contribution in [0.15, 0.2) is 29.4 Å². The summed E-state index contributed by atoms with van der Waals surface area (Å²) in [5, 5.41) is 9.86. The number of rotatable bonds is 5. The van der Waals surface area contributed by atoms with Crippen LogP contribution >= 0.6 is 11.8 Å². The standard InChI is InChI=1S/C18H25N3S/c1-5-21-16(14-8-9-14)19-20-17(21)22-12-13-6-10-15(11-7-13)18(2,3)4/h6-7,10-11,14H,5,8-9,12H2,1-4H3. The highest BCUT2D eigenvalue weighted by Crippen LogP contribution is 2.40. The first-order chi connectivity index (χ1) is 10.5. The van der Waals surface area contributed by atoms with Crippen LogP contribution in [0.3, 0.4) is 0 Å². The second-order valence-electron chi connectivity index (χ2n) is 7.09. The van der Waals surface area contributed by atoms with Gasteiger partial charge in [0.15, 0.2) is 5.16 Å². The fourth-order valence-electron chi connectivity index (χ4n) is 2.60. The molecule has 0 amide bonds. The van der Waals surface area contributed by atoms with Gasteiger partial charge in [-0.3, -0.25) is 0 Å². The largest absolute Gasteiger partial charge is 0.306 e. The molecule has 118 valence electrons. The van der Waals surface area contributed by atoms with Gasteiger partial charge in [0.25, 0.3) is 0 Å². The maximum atomic E-state index is 4.40. The smallest absolute Gasteiger partial charge is 0.191 e. The Balaban J connectivity index is 1.67. The van der Waals surface area contributed by atoms with Crippen LogP contribution < -0.4 is 0 Å². The van der Waals surface area contributed by atoms with Crippen LogP contribution in [0.4, 0.5) is 0 Å². The molecule has 0 bridgehead atoms. The molecule has 3 rings (SSSR count). The summed E-state index contributed by atoms with van der Waals surface area (Å²) in [5.74, 6) is 2.80. The number of aromatic nitrogens is 3. The van der Waals surface area contributed by atoms with Gasteiger partial charge in [0, 0.05) is 18.2 Å². The number of benzene rings is 1. The van der Waals surface area contributed by atoms with Gasteiger partial charge in [-0.05, 0) is 36.3 Å². The molecule has 1 heterocycles. The van der Waals surface area contributed by atoms with Crippen molar-refractivity contribution in [3.05, 3.63) is 41.2 Å². The minimum absolute atomic E-state index is 0.216. The van der Waals surface area contributed by atoms with Crippen molar-refractivity contribution in [3.8, 4) is 0 Å². The molecule has 0 saturated heterocycles. The number of thioether (sulfide) groups is 1. The molecule has 1 aliphatic carbocycles. The van der Waals surface area contributed by atoms with E-state index >= 15 is 0 Å². The van der Waals surface area contributed by atoms with Crippen molar-refractivity contribution in [2.75, 3.05) is 0 Å². The minimum Gasteiger partial charge on any atom is -0.306 e. The molecule has 4 heteroatoms. The zero-order chi connectivity index (χ0) is 15.7. The zero-order valence-corrected chi connectivity index (χ0v) is 14.8. The molecule has 0 spiro atoms. The topological polar surface area (TPSA) is 30.7 Å². The van der Waals surface area contributed by atoms with Gasteiger partial charge in [0.2, 0.25) is 0 Å². The molecule has 2 aromatic rings. The van der Waals surface area contributed by atoms with Crippen molar-refractivity contribution in [1.29, 1.82) is 0 Å². The summed E-state index contributed by atoms with van der Waals surface area (Å²) in [6.07, 6.45) is 2.55. The normalized spacial score (nSPS) is 15.3. The lowest BCUT2D eigenvalue weighted by Gasteiger charge is -2.19. The van der Waals surface area contributed by atoms with E-state index in [-0.39, 0.29) is 5.41 Å². The highest BCUT2D eigenvalue weighted by atomic mass is 32.2. The molecule has 0 atom stereocenters. The van der Waals surface area contributed by atoms with E-state index in [1.165, 1.54) is 29.8 Å².